The first-order valence-electron chi connectivity index (χ1n) is 7.63. The molecule has 0 spiro atoms. The van der Waals surface area contributed by atoms with Gasteiger partial charge in [-0.05, 0) is 42.9 Å². The Balaban J connectivity index is 1.68. The fourth-order valence-corrected chi connectivity index (χ4v) is 2.76. The van der Waals surface area contributed by atoms with Gasteiger partial charge in [0.25, 0.3) is 0 Å². The maximum atomic E-state index is 11.8. The average molecular weight is 324 g/mol. The molecule has 1 saturated heterocycles. The first-order chi connectivity index (χ1) is 10.6. The van der Waals surface area contributed by atoms with Crippen LogP contribution in [-0.4, -0.2) is 31.1 Å². The Morgan fingerprint density at radius 3 is 3.00 bits per heavy atom. The van der Waals surface area contributed by atoms with E-state index in [1.807, 2.05) is 31.2 Å². The molecule has 5 nitrogen and oxygen atoms in total. The predicted molar refractivity (Wildman–Crippen MR) is 86.9 cm³/mol. The number of piperidine rings is 1. The molecule has 120 valence electrons. The zero-order valence-electron chi connectivity index (χ0n) is 12.7. The molecule has 1 heterocycles. The summed E-state index contributed by atoms with van der Waals surface area (Å²) >= 11 is 5.93. The van der Waals surface area contributed by atoms with Crippen molar-refractivity contribution >= 4 is 23.5 Å². The number of aryl methyl sites for hydroxylation is 1. The molecule has 22 heavy (non-hydrogen) atoms. The summed E-state index contributed by atoms with van der Waals surface area (Å²) in [5.74, 6) is 0.0544. The molecule has 1 aromatic carbocycles. The van der Waals surface area contributed by atoms with Crippen LogP contribution in [0.5, 0.6) is 0 Å². The highest BCUT2D eigenvalue weighted by molar-refractivity contribution is 6.30. The molecule has 3 N–H and O–H groups in total. The van der Waals surface area contributed by atoms with Crippen molar-refractivity contribution in [3.05, 3.63) is 34.9 Å². The van der Waals surface area contributed by atoms with Crippen molar-refractivity contribution in [3.8, 4) is 0 Å². The Kier molecular flexibility index (Phi) is 6.07. The number of amides is 3. The Bertz CT molecular complexity index is 536. The van der Waals surface area contributed by atoms with Crippen LogP contribution in [0.2, 0.25) is 5.02 Å². The molecule has 0 aliphatic carbocycles. The highest BCUT2D eigenvalue weighted by Crippen LogP contribution is 2.13. The number of carbonyl (C=O) groups is 2. The standard InChI is InChI=1S/C16H22ClN3O2/c1-11-7-9-18-15(21)14(11)20-16(22)19-8-3-5-12-4-2-6-13(17)10-12/h2,4,6,10-11,14H,3,5,7-9H2,1H3,(H,18,21)(H2,19,20,22)/t11-,14+/m1/s1. The van der Waals surface area contributed by atoms with Crippen LogP contribution in [-0.2, 0) is 11.2 Å². The number of nitrogens with one attached hydrogen (secondary N) is 3. The monoisotopic (exact) mass is 323 g/mol. The number of carbonyl (C=O) groups excluding carboxylic acids is 2. The second kappa shape index (κ2) is 8.03. The molecule has 0 aromatic heterocycles. The molecule has 3 amide bonds. The van der Waals surface area contributed by atoms with Gasteiger partial charge in [-0.1, -0.05) is 30.7 Å². The predicted octanol–water partition coefficient (Wildman–Crippen LogP) is 2.10. The van der Waals surface area contributed by atoms with E-state index in [1.165, 1.54) is 0 Å². The molecule has 2 rings (SSSR count). The van der Waals surface area contributed by atoms with Gasteiger partial charge in [-0.25, -0.2) is 4.79 Å². The smallest absolute Gasteiger partial charge is 0.315 e. The van der Waals surface area contributed by atoms with Gasteiger partial charge in [0.1, 0.15) is 6.04 Å². The molecule has 1 fully saturated rings. The van der Waals surface area contributed by atoms with Gasteiger partial charge in [-0.3, -0.25) is 4.79 Å². The average Bonchev–Trinajstić information content (AvgIpc) is 2.48. The second-order valence-electron chi connectivity index (χ2n) is 5.67. The minimum atomic E-state index is -0.443. The molecule has 1 aliphatic heterocycles. The van der Waals surface area contributed by atoms with Gasteiger partial charge in [0.15, 0.2) is 0 Å². The number of hydrogen-bond acceptors (Lipinski definition) is 2. The summed E-state index contributed by atoms with van der Waals surface area (Å²) in [6.45, 7) is 3.21. The topological polar surface area (TPSA) is 70.2 Å². The van der Waals surface area contributed by atoms with Crippen LogP contribution in [0.25, 0.3) is 0 Å². The van der Waals surface area contributed by atoms with E-state index in [-0.39, 0.29) is 17.9 Å². The maximum Gasteiger partial charge on any atom is 0.315 e. The number of urea groups is 1. The Hall–Kier alpha value is -1.75. The van der Waals surface area contributed by atoms with E-state index >= 15 is 0 Å². The normalized spacial score (nSPS) is 21.1. The molecule has 0 bridgehead atoms. The molecule has 6 heteroatoms. The fourth-order valence-electron chi connectivity index (χ4n) is 2.55. The third-order valence-electron chi connectivity index (χ3n) is 3.85. The van der Waals surface area contributed by atoms with E-state index in [0.717, 1.165) is 29.8 Å². The minimum Gasteiger partial charge on any atom is -0.354 e. The number of benzene rings is 1. The highest BCUT2D eigenvalue weighted by Gasteiger charge is 2.29. The van der Waals surface area contributed by atoms with Crippen LogP contribution < -0.4 is 16.0 Å². The zero-order valence-corrected chi connectivity index (χ0v) is 13.5. The van der Waals surface area contributed by atoms with Crippen molar-refractivity contribution in [1.82, 2.24) is 16.0 Å². The van der Waals surface area contributed by atoms with Crippen molar-refractivity contribution in [2.45, 2.75) is 32.2 Å². The maximum absolute atomic E-state index is 11.8. The van der Waals surface area contributed by atoms with Gasteiger partial charge in [-0.2, -0.15) is 0 Å². The summed E-state index contributed by atoms with van der Waals surface area (Å²) in [6, 6.07) is 6.96. The minimum absolute atomic E-state index is 0.104. The van der Waals surface area contributed by atoms with Gasteiger partial charge in [-0.15, -0.1) is 0 Å². The van der Waals surface area contributed by atoms with E-state index in [0.29, 0.717) is 13.1 Å². The largest absolute Gasteiger partial charge is 0.354 e. The molecular weight excluding hydrogens is 302 g/mol. The van der Waals surface area contributed by atoms with Crippen LogP contribution in [0, 0.1) is 5.92 Å². The fraction of sp³-hybridized carbons (Fsp3) is 0.500. The van der Waals surface area contributed by atoms with Crippen molar-refractivity contribution in [3.63, 3.8) is 0 Å². The summed E-state index contributed by atoms with van der Waals surface area (Å²) in [4.78, 5) is 23.6. The molecule has 1 aliphatic rings. The number of hydrogen-bond donors (Lipinski definition) is 3. The first-order valence-corrected chi connectivity index (χ1v) is 8.00. The highest BCUT2D eigenvalue weighted by atomic mass is 35.5. The van der Waals surface area contributed by atoms with E-state index in [9.17, 15) is 9.59 Å². The molecule has 0 radical (unpaired) electrons. The van der Waals surface area contributed by atoms with Crippen LogP contribution in [0.3, 0.4) is 0 Å². The van der Waals surface area contributed by atoms with Crippen molar-refractivity contribution < 1.29 is 9.59 Å². The van der Waals surface area contributed by atoms with Crippen molar-refractivity contribution in [2.75, 3.05) is 13.1 Å². The lowest BCUT2D eigenvalue weighted by atomic mass is 9.94. The summed E-state index contributed by atoms with van der Waals surface area (Å²) in [5, 5.41) is 9.03. The number of halogens is 1. The lowest BCUT2D eigenvalue weighted by Gasteiger charge is -2.28. The van der Waals surface area contributed by atoms with E-state index in [4.69, 9.17) is 11.6 Å². The van der Waals surface area contributed by atoms with Gasteiger partial charge >= 0.3 is 6.03 Å². The van der Waals surface area contributed by atoms with Crippen LogP contribution in [0.1, 0.15) is 25.3 Å². The molecule has 0 saturated carbocycles. The quantitative estimate of drug-likeness (QED) is 0.726. The summed E-state index contributed by atoms with van der Waals surface area (Å²) in [7, 11) is 0. The third-order valence-corrected chi connectivity index (χ3v) is 4.09. The van der Waals surface area contributed by atoms with Gasteiger partial charge in [0.05, 0.1) is 0 Å². The van der Waals surface area contributed by atoms with Crippen molar-refractivity contribution in [2.24, 2.45) is 5.92 Å². The summed E-state index contributed by atoms with van der Waals surface area (Å²) < 4.78 is 0. The molecular formula is C16H22ClN3O2. The van der Waals surface area contributed by atoms with Crippen LogP contribution in [0.15, 0.2) is 24.3 Å². The van der Waals surface area contributed by atoms with E-state index < -0.39 is 6.04 Å². The van der Waals surface area contributed by atoms with Crippen LogP contribution in [0.4, 0.5) is 4.79 Å². The second-order valence-corrected chi connectivity index (χ2v) is 6.10. The van der Waals surface area contributed by atoms with Gasteiger partial charge in [0, 0.05) is 18.1 Å². The zero-order chi connectivity index (χ0) is 15.9. The Labute approximate surface area is 135 Å². The summed E-state index contributed by atoms with van der Waals surface area (Å²) in [5.41, 5.74) is 1.15. The van der Waals surface area contributed by atoms with Crippen molar-refractivity contribution in [1.29, 1.82) is 0 Å². The van der Waals surface area contributed by atoms with Gasteiger partial charge in [0.2, 0.25) is 5.91 Å². The lowest BCUT2D eigenvalue weighted by molar-refractivity contribution is -0.125. The van der Waals surface area contributed by atoms with Gasteiger partial charge < -0.3 is 16.0 Å². The third kappa shape index (κ3) is 4.91. The number of rotatable bonds is 5. The first kappa shape index (κ1) is 16.6. The summed E-state index contributed by atoms with van der Waals surface area (Å²) in [6.07, 6.45) is 2.55. The van der Waals surface area contributed by atoms with Crippen LogP contribution >= 0.6 is 11.6 Å². The Morgan fingerprint density at radius 1 is 1.45 bits per heavy atom. The molecule has 1 aromatic rings. The Morgan fingerprint density at radius 2 is 2.27 bits per heavy atom. The van der Waals surface area contributed by atoms with E-state index in [2.05, 4.69) is 16.0 Å². The molecule has 0 unspecified atom stereocenters. The van der Waals surface area contributed by atoms with E-state index in [1.54, 1.807) is 0 Å². The SMILES string of the molecule is C[C@@H]1CCNC(=O)[C@H]1NC(=O)NCCCc1cccc(Cl)c1. The lowest BCUT2D eigenvalue weighted by Crippen LogP contribution is -2.56. The molecule has 2 atom stereocenters.